The van der Waals surface area contributed by atoms with Gasteiger partial charge in [-0.2, -0.15) is 0 Å². The van der Waals surface area contributed by atoms with E-state index in [1.54, 1.807) is 13.8 Å². The quantitative estimate of drug-likeness (QED) is 0.882. The molecular weight excluding hydrogens is 244 g/mol. The van der Waals surface area contributed by atoms with Crippen molar-refractivity contribution in [2.24, 2.45) is 0 Å². The summed E-state index contributed by atoms with van der Waals surface area (Å²) in [6.45, 7) is 3.97. The van der Waals surface area contributed by atoms with E-state index >= 15 is 0 Å². The number of ether oxygens (including phenoxy) is 1. The van der Waals surface area contributed by atoms with Crippen LogP contribution >= 0.6 is 0 Å². The van der Waals surface area contributed by atoms with Crippen LogP contribution in [0, 0.1) is 0 Å². The first-order valence-corrected chi connectivity index (χ1v) is 6.21. The van der Waals surface area contributed by atoms with Gasteiger partial charge >= 0.3 is 6.09 Å². The van der Waals surface area contributed by atoms with Gasteiger partial charge in [0.15, 0.2) is 0 Å². The lowest BCUT2D eigenvalue weighted by atomic mass is 10.2. The van der Waals surface area contributed by atoms with Crippen molar-refractivity contribution in [3.63, 3.8) is 0 Å². The molecule has 1 aromatic rings. The van der Waals surface area contributed by atoms with E-state index in [1.165, 1.54) is 11.9 Å². The van der Waals surface area contributed by atoms with Crippen molar-refractivity contribution in [2.75, 3.05) is 13.6 Å². The van der Waals surface area contributed by atoms with Gasteiger partial charge in [0, 0.05) is 13.6 Å². The molecule has 0 aromatic heterocycles. The van der Waals surface area contributed by atoms with Crippen LogP contribution in [0.4, 0.5) is 4.79 Å². The molecule has 19 heavy (non-hydrogen) atoms. The van der Waals surface area contributed by atoms with E-state index in [9.17, 15) is 9.59 Å². The third-order valence-electron chi connectivity index (χ3n) is 2.36. The number of benzene rings is 1. The van der Waals surface area contributed by atoms with Gasteiger partial charge in [-0.05, 0) is 19.4 Å². The molecule has 0 atom stereocenters. The summed E-state index contributed by atoms with van der Waals surface area (Å²) in [5.41, 5.74) is 1.02. The number of nitrogens with one attached hydrogen (secondary N) is 1. The number of hydrogen-bond donors (Lipinski definition) is 1. The lowest BCUT2D eigenvalue weighted by molar-refractivity contribution is -0.122. The van der Waals surface area contributed by atoms with Gasteiger partial charge in [-0.1, -0.05) is 30.3 Å². The molecule has 1 aromatic carbocycles. The molecule has 0 spiro atoms. The Morgan fingerprint density at radius 1 is 1.26 bits per heavy atom. The Bertz CT molecular complexity index is 418. The highest BCUT2D eigenvalue weighted by Crippen LogP contribution is 1.98. The molecule has 0 saturated heterocycles. The summed E-state index contributed by atoms with van der Waals surface area (Å²) in [7, 11) is 1.53. The maximum atomic E-state index is 11.7. The highest BCUT2D eigenvalue weighted by Gasteiger charge is 2.14. The molecule has 1 rings (SSSR count). The Labute approximate surface area is 113 Å². The maximum absolute atomic E-state index is 11.7. The molecule has 2 amide bonds. The summed E-state index contributed by atoms with van der Waals surface area (Å²) >= 11 is 0. The fourth-order valence-corrected chi connectivity index (χ4v) is 1.42. The highest BCUT2D eigenvalue weighted by atomic mass is 16.6. The maximum Gasteiger partial charge on any atom is 0.410 e. The standard InChI is InChI=1S/C14H20N2O3/c1-11(2)19-14(18)16(3)10-13(17)15-9-12-7-5-4-6-8-12/h4-8,11H,9-10H2,1-3H3,(H,15,17). The molecule has 0 aliphatic heterocycles. The number of carbonyl (C=O) groups excluding carboxylic acids is 2. The molecule has 5 heteroatoms. The van der Waals surface area contributed by atoms with E-state index in [0.717, 1.165) is 5.56 Å². The summed E-state index contributed by atoms with van der Waals surface area (Å²) in [5, 5.41) is 2.75. The second-order valence-corrected chi connectivity index (χ2v) is 4.55. The molecule has 0 radical (unpaired) electrons. The van der Waals surface area contributed by atoms with Gasteiger partial charge in [-0.15, -0.1) is 0 Å². The molecule has 0 fully saturated rings. The monoisotopic (exact) mass is 264 g/mol. The van der Waals surface area contributed by atoms with E-state index in [4.69, 9.17) is 4.74 Å². The smallest absolute Gasteiger partial charge is 0.410 e. The topological polar surface area (TPSA) is 58.6 Å². The van der Waals surface area contributed by atoms with Crippen LogP contribution in [-0.4, -0.2) is 36.6 Å². The number of amides is 2. The number of hydrogen-bond acceptors (Lipinski definition) is 3. The fourth-order valence-electron chi connectivity index (χ4n) is 1.42. The van der Waals surface area contributed by atoms with Crippen LogP contribution in [0.3, 0.4) is 0 Å². The van der Waals surface area contributed by atoms with Crippen LogP contribution in [0.5, 0.6) is 0 Å². The molecule has 0 aliphatic carbocycles. The zero-order valence-electron chi connectivity index (χ0n) is 11.6. The third-order valence-corrected chi connectivity index (χ3v) is 2.36. The average Bonchev–Trinajstić information content (AvgIpc) is 2.36. The molecular formula is C14H20N2O3. The number of carbonyl (C=O) groups is 2. The molecule has 104 valence electrons. The van der Waals surface area contributed by atoms with Crippen molar-refractivity contribution in [3.8, 4) is 0 Å². The Morgan fingerprint density at radius 2 is 1.89 bits per heavy atom. The zero-order chi connectivity index (χ0) is 14.3. The largest absolute Gasteiger partial charge is 0.447 e. The minimum atomic E-state index is -0.495. The summed E-state index contributed by atoms with van der Waals surface area (Å²) in [6, 6.07) is 9.59. The van der Waals surface area contributed by atoms with Gasteiger partial charge in [0.1, 0.15) is 6.54 Å². The van der Waals surface area contributed by atoms with E-state index < -0.39 is 6.09 Å². The third kappa shape index (κ3) is 5.90. The number of rotatable bonds is 5. The number of likely N-dealkylation sites (N-methyl/N-ethyl adjacent to an activating group) is 1. The van der Waals surface area contributed by atoms with Crippen LogP contribution in [-0.2, 0) is 16.1 Å². The lowest BCUT2D eigenvalue weighted by Crippen LogP contribution is -2.39. The minimum Gasteiger partial charge on any atom is -0.447 e. The van der Waals surface area contributed by atoms with Crippen molar-refractivity contribution in [3.05, 3.63) is 35.9 Å². The Balaban J connectivity index is 2.33. The predicted molar refractivity (Wildman–Crippen MR) is 72.5 cm³/mol. The van der Waals surface area contributed by atoms with Crippen LogP contribution in [0.15, 0.2) is 30.3 Å². The molecule has 0 aliphatic rings. The van der Waals surface area contributed by atoms with E-state index in [-0.39, 0.29) is 18.6 Å². The van der Waals surface area contributed by atoms with Gasteiger partial charge in [0.2, 0.25) is 5.91 Å². The van der Waals surface area contributed by atoms with Crippen molar-refractivity contribution >= 4 is 12.0 Å². The SMILES string of the molecule is CC(C)OC(=O)N(C)CC(=O)NCc1ccccc1. The van der Waals surface area contributed by atoms with Crippen LogP contribution in [0.25, 0.3) is 0 Å². The zero-order valence-corrected chi connectivity index (χ0v) is 11.6. The Morgan fingerprint density at radius 3 is 2.47 bits per heavy atom. The fraction of sp³-hybridized carbons (Fsp3) is 0.429. The number of nitrogens with zero attached hydrogens (tertiary/aromatic N) is 1. The van der Waals surface area contributed by atoms with Gasteiger partial charge in [-0.3, -0.25) is 4.79 Å². The van der Waals surface area contributed by atoms with Gasteiger partial charge in [0.25, 0.3) is 0 Å². The van der Waals surface area contributed by atoms with Gasteiger partial charge in [-0.25, -0.2) is 4.79 Å². The highest BCUT2D eigenvalue weighted by molar-refractivity contribution is 5.82. The van der Waals surface area contributed by atoms with Crippen molar-refractivity contribution in [1.82, 2.24) is 10.2 Å². The summed E-state index contributed by atoms with van der Waals surface area (Å²) in [6.07, 6.45) is -0.688. The normalized spacial score (nSPS) is 10.1. The second-order valence-electron chi connectivity index (χ2n) is 4.55. The summed E-state index contributed by atoms with van der Waals surface area (Å²) in [4.78, 5) is 24.4. The van der Waals surface area contributed by atoms with Gasteiger partial charge < -0.3 is 15.0 Å². The van der Waals surface area contributed by atoms with E-state index in [2.05, 4.69) is 5.32 Å². The van der Waals surface area contributed by atoms with Crippen LogP contribution in [0.1, 0.15) is 19.4 Å². The average molecular weight is 264 g/mol. The van der Waals surface area contributed by atoms with Crippen molar-refractivity contribution in [2.45, 2.75) is 26.5 Å². The molecule has 0 bridgehead atoms. The molecule has 5 nitrogen and oxygen atoms in total. The molecule has 0 saturated carbocycles. The second kappa shape index (κ2) is 7.41. The lowest BCUT2D eigenvalue weighted by Gasteiger charge is -2.18. The minimum absolute atomic E-state index is 0.0155. The first-order chi connectivity index (χ1) is 8.99. The summed E-state index contributed by atoms with van der Waals surface area (Å²) < 4.78 is 4.98. The first kappa shape index (κ1) is 15.0. The Hall–Kier alpha value is -2.04. The first-order valence-electron chi connectivity index (χ1n) is 6.21. The molecule has 0 heterocycles. The van der Waals surface area contributed by atoms with Crippen LogP contribution < -0.4 is 5.32 Å². The van der Waals surface area contributed by atoms with E-state index in [1.807, 2.05) is 30.3 Å². The molecule has 0 unspecified atom stereocenters. The summed E-state index contributed by atoms with van der Waals surface area (Å²) in [5.74, 6) is -0.216. The van der Waals surface area contributed by atoms with Crippen LogP contribution in [0.2, 0.25) is 0 Å². The predicted octanol–water partition coefficient (Wildman–Crippen LogP) is 1.78. The Kier molecular flexibility index (Phi) is 5.85. The molecule has 1 N–H and O–H groups in total. The van der Waals surface area contributed by atoms with Gasteiger partial charge in [0.05, 0.1) is 6.10 Å². The van der Waals surface area contributed by atoms with Crippen molar-refractivity contribution < 1.29 is 14.3 Å². The van der Waals surface area contributed by atoms with E-state index in [0.29, 0.717) is 6.54 Å². The van der Waals surface area contributed by atoms with Crippen molar-refractivity contribution in [1.29, 1.82) is 0 Å².